The topological polar surface area (TPSA) is 104 Å². The molecule has 15 heavy (non-hydrogen) atoms. The monoisotopic (exact) mass is 207 g/mol. The third-order valence-corrected chi connectivity index (χ3v) is 2.18. The molecule has 78 valence electrons. The molecule has 0 radical (unpaired) electrons. The lowest BCUT2D eigenvalue weighted by Crippen LogP contribution is -2.17. The van der Waals surface area contributed by atoms with Gasteiger partial charge in [0.1, 0.15) is 5.76 Å². The van der Waals surface area contributed by atoms with Crippen LogP contribution in [-0.2, 0) is 4.74 Å². The largest absolute Gasteiger partial charge is 0.441 e. The first kappa shape index (κ1) is 9.32. The van der Waals surface area contributed by atoms with E-state index >= 15 is 0 Å². The molecule has 1 aliphatic heterocycles. The van der Waals surface area contributed by atoms with Gasteiger partial charge in [-0.2, -0.15) is 0 Å². The van der Waals surface area contributed by atoms with Crippen LogP contribution in [0.3, 0.4) is 0 Å². The Kier molecular flexibility index (Phi) is 1.96. The summed E-state index contributed by atoms with van der Waals surface area (Å²) in [7, 11) is 0. The number of nitrogens with zero attached hydrogens (tertiary/aromatic N) is 1. The Balaban J connectivity index is 2.41. The van der Waals surface area contributed by atoms with Crippen LogP contribution in [0.2, 0.25) is 0 Å². The summed E-state index contributed by atoms with van der Waals surface area (Å²) >= 11 is 0. The van der Waals surface area contributed by atoms with E-state index in [2.05, 4.69) is 0 Å². The number of allylic oxidation sites excluding steroid dienone is 4. The van der Waals surface area contributed by atoms with Crippen LogP contribution in [0.4, 0.5) is 0 Å². The summed E-state index contributed by atoms with van der Waals surface area (Å²) < 4.78 is 5.16. The molecule has 0 aromatic carbocycles. The van der Waals surface area contributed by atoms with Gasteiger partial charge in [0.25, 0.3) is 5.70 Å². The van der Waals surface area contributed by atoms with Crippen molar-refractivity contribution in [1.29, 1.82) is 0 Å². The van der Waals surface area contributed by atoms with E-state index in [1.807, 2.05) is 0 Å². The van der Waals surface area contributed by atoms with Crippen LogP contribution in [0.5, 0.6) is 0 Å². The van der Waals surface area contributed by atoms with E-state index in [1.165, 1.54) is 18.2 Å². The van der Waals surface area contributed by atoms with E-state index in [0.717, 1.165) is 5.57 Å². The summed E-state index contributed by atoms with van der Waals surface area (Å²) in [6.07, 6.45) is 4.70. The number of hydrogen-bond donors (Lipinski definition) is 2. The van der Waals surface area contributed by atoms with Crippen molar-refractivity contribution in [3.05, 3.63) is 57.0 Å². The molecular formula is C9H9N3O3. The molecule has 1 heterocycles. The number of ether oxygens (including phenoxy) is 1. The van der Waals surface area contributed by atoms with Gasteiger partial charge < -0.3 is 16.2 Å². The first-order chi connectivity index (χ1) is 7.08. The van der Waals surface area contributed by atoms with Gasteiger partial charge in [0.15, 0.2) is 5.88 Å². The van der Waals surface area contributed by atoms with Crippen molar-refractivity contribution in [2.75, 3.05) is 0 Å². The molecule has 1 aliphatic carbocycles. The Morgan fingerprint density at radius 3 is 2.80 bits per heavy atom. The number of hydrogen-bond acceptors (Lipinski definition) is 5. The fourth-order valence-electron chi connectivity index (χ4n) is 1.46. The number of nitrogens with two attached hydrogens (primary N) is 2. The summed E-state index contributed by atoms with van der Waals surface area (Å²) in [6.45, 7) is 0. The molecule has 0 aromatic heterocycles. The van der Waals surface area contributed by atoms with Gasteiger partial charge in [0.05, 0.1) is 11.0 Å². The van der Waals surface area contributed by atoms with Gasteiger partial charge >= 0.3 is 0 Å². The molecule has 0 amide bonds. The summed E-state index contributed by atoms with van der Waals surface area (Å²) in [6, 6.07) is 0. The first-order valence-electron chi connectivity index (χ1n) is 4.28. The minimum atomic E-state index is -0.474. The highest BCUT2D eigenvalue weighted by molar-refractivity contribution is 5.46. The van der Waals surface area contributed by atoms with E-state index in [-0.39, 0.29) is 11.6 Å². The van der Waals surface area contributed by atoms with E-state index in [4.69, 9.17) is 16.2 Å². The fourth-order valence-corrected chi connectivity index (χ4v) is 1.46. The highest BCUT2D eigenvalue weighted by atomic mass is 16.6. The fraction of sp³-hybridized carbons (Fsp3) is 0.111. The molecule has 2 aliphatic rings. The minimum absolute atomic E-state index is 0.00347. The van der Waals surface area contributed by atoms with Gasteiger partial charge in [-0.05, 0) is 6.08 Å². The van der Waals surface area contributed by atoms with E-state index < -0.39 is 4.92 Å². The lowest BCUT2D eigenvalue weighted by molar-refractivity contribution is -0.419. The maximum Gasteiger partial charge on any atom is 0.269 e. The molecule has 0 atom stereocenters. The van der Waals surface area contributed by atoms with Crippen LogP contribution in [0.15, 0.2) is 46.8 Å². The first-order valence-corrected chi connectivity index (χ1v) is 4.28. The molecule has 0 aromatic rings. The number of fused-ring (bicyclic) bond motifs is 1. The zero-order valence-corrected chi connectivity index (χ0v) is 7.77. The third kappa shape index (κ3) is 1.56. The van der Waals surface area contributed by atoms with Gasteiger partial charge in [-0.1, -0.05) is 0 Å². The Morgan fingerprint density at radius 2 is 2.13 bits per heavy atom. The van der Waals surface area contributed by atoms with Crippen molar-refractivity contribution in [2.45, 2.75) is 6.42 Å². The zero-order chi connectivity index (χ0) is 11.0. The van der Waals surface area contributed by atoms with Gasteiger partial charge in [-0.15, -0.1) is 0 Å². The average Bonchev–Trinajstić information content (AvgIpc) is 2.16. The summed E-state index contributed by atoms with van der Waals surface area (Å²) in [5.41, 5.74) is 12.4. The van der Waals surface area contributed by atoms with Gasteiger partial charge in [0, 0.05) is 23.8 Å². The molecule has 0 saturated carbocycles. The molecular weight excluding hydrogens is 198 g/mol. The van der Waals surface area contributed by atoms with Gasteiger partial charge in [-0.3, -0.25) is 10.1 Å². The average molecular weight is 207 g/mol. The van der Waals surface area contributed by atoms with Crippen LogP contribution in [0.25, 0.3) is 0 Å². The smallest absolute Gasteiger partial charge is 0.269 e. The Labute approximate surface area is 85.3 Å². The SMILES string of the molecule is NC1=CC(N)=C2CC=C([N+](=O)[O-])C=C2O1. The maximum absolute atomic E-state index is 10.5. The second-order valence-corrected chi connectivity index (χ2v) is 3.18. The predicted molar refractivity (Wildman–Crippen MR) is 52.3 cm³/mol. The molecule has 0 fully saturated rings. The molecule has 2 rings (SSSR count). The van der Waals surface area contributed by atoms with Crippen LogP contribution in [-0.4, -0.2) is 4.92 Å². The quantitative estimate of drug-likeness (QED) is 0.480. The predicted octanol–water partition coefficient (Wildman–Crippen LogP) is 0.478. The Morgan fingerprint density at radius 1 is 1.40 bits per heavy atom. The van der Waals surface area contributed by atoms with Crippen LogP contribution >= 0.6 is 0 Å². The van der Waals surface area contributed by atoms with Crippen molar-refractivity contribution in [3.8, 4) is 0 Å². The van der Waals surface area contributed by atoms with E-state index in [1.54, 1.807) is 0 Å². The van der Waals surface area contributed by atoms with Crippen molar-refractivity contribution in [3.63, 3.8) is 0 Å². The normalized spacial score (nSPS) is 19.6. The summed E-state index contributed by atoms with van der Waals surface area (Å²) in [4.78, 5) is 10.1. The van der Waals surface area contributed by atoms with Crippen LogP contribution in [0.1, 0.15) is 6.42 Å². The summed E-state index contributed by atoms with van der Waals surface area (Å²) in [5.74, 6) is 0.508. The van der Waals surface area contributed by atoms with E-state index in [0.29, 0.717) is 17.9 Å². The minimum Gasteiger partial charge on any atom is -0.441 e. The third-order valence-electron chi connectivity index (χ3n) is 2.18. The number of nitro groups is 1. The molecule has 0 unspecified atom stereocenters. The van der Waals surface area contributed by atoms with Crippen molar-refractivity contribution >= 4 is 0 Å². The highest BCUT2D eigenvalue weighted by Gasteiger charge is 2.24. The van der Waals surface area contributed by atoms with Crippen LogP contribution < -0.4 is 11.5 Å². The standard InChI is InChI=1S/C9H9N3O3/c10-7-4-9(11)15-8-3-5(12(13)14)1-2-6(7)8/h1,3-4H,2,10-11H2. The molecule has 0 spiro atoms. The Bertz CT molecular complexity index is 457. The molecule has 6 nitrogen and oxygen atoms in total. The Hall–Kier alpha value is -2.24. The lowest BCUT2D eigenvalue weighted by atomic mass is 10.0. The highest BCUT2D eigenvalue weighted by Crippen LogP contribution is 2.30. The van der Waals surface area contributed by atoms with Gasteiger partial charge in [-0.25, -0.2) is 0 Å². The van der Waals surface area contributed by atoms with Crippen molar-refractivity contribution < 1.29 is 9.66 Å². The molecule has 0 saturated heterocycles. The molecule has 6 heteroatoms. The zero-order valence-electron chi connectivity index (χ0n) is 7.77. The van der Waals surface area contributed by atoms with Crippen molar-refractivity contribution in [1.82, 2.24) is 0 Å². The maximum atomic E-state index is 10.5. The van der Waals surface area contributed by atoms with E-state index in [9.17, 15) is 10.1 Å². The lowest BCUT2D eigenvalue weighted by Gasteiger charge is -2.20. The van der Waals surface area contributed by atoms with Crippen LogP contribution in [0, 0.1) is 10.1 Å². The van der Waals surface area contributed by atoms with Crippen molar-refractivity contribution in [2.24, 2.45) is 11.5 Å². The molecule has 0 bridgehead atoms. The van der Waals surface area contributed by atoms with Gasteiger partial charge in [0.2, 0.25) is 0 Å². The molecule has 4 N–H and O–H groups in total. The number of rotatable bonds is 1. The second-order valence-electron chi connectivity index (χ2n) is 3.18. The second kappa shape index (κ2) is 3.16. The summed E-state index contributed by atoms with van der Waals surface area (Å²) in [5, 5.41) is 10.5.